The number of aryl methyl sites for hydroxylation is 1. The van der Waals surface area contributed by atoms with Crippen molar-refractivity contribution >= 4 is 10.0 Å². The van der Waals surface area contributed by atoms with Crippen molar-refractivity contribution in [3.8, 4) is 11.8 Å². The highest BCUT2D eigenvalue weighted by Gasteiger charge is 2.30. The molecule has 0 amide bonds. The SMILES string of the molecule is Cc1ccccc1OCCN1CCN(S(=O)(=O)c2ccccc2C#N)CC1. The van der Waals surface area contributed by atoms with Crippen molar-refractivity contribution in [3.05, 3.63) is 59.7 Å². The van der Waals surface area contributed by atoms with E-state index in [0.717, 1.165) is 17.9 Å². The average Bonchev–Trinajstić information content (AvgIpc) is 2.70. The molecule has 0 aliphatic carbocycles. The third kappa shape index (κ3) is 4.48. The van der Waals surface area contributed by atoms with Gasteiger partial charge in [-0.2, -0.15) is 9.57 Å². The molecule has 1 aliphatic heterocycles. The molecule has 0 unspecified atom stereocenters. The van der Waals surface area contributed by atoms with Crippen molar-refractivity contribution in [2.45, 2.75) is 11.8 Å². The van der Waals surface area contributed by atoms with E-state index in [4.69, 9.17) is 4.74 Å². The van der Waals surface area contributed by atoms with E-state index in [-0.39, 0.29) is 10.5 Å². The van der Waals surface area contributed by atoms with Crippen LogP contribution in [0.2, 0.25) is 0 Å². The lowest BCUT2D eigenvalue weighted by molar-refractivity contribution is 0.158. The number of benzene rings is 2. The summed E-state index contributed by atoms with van der Waals surface area (Å²) >= 11 is 0. The van der Waals surface area contributed by atoms with Gasteiger partial charge < -0.3 is 4.74 Å². The van der Waals surface area contributed by atoms with Crippen LogP contribution in [0.25, 0.3) is 0 Å². The second kappa shape index (κ2) is 8.53. The van der Waals surface area contributed by atoms with Gasteiger partial charge in [0.15, 0.2) is 0 Å². The zero-order valence-electron chi connectivity index (χ0n) is 15.3. The maximum atomic E-state index is 12.8. The Labute approximate surface area is 160 Å². The van der Waals surface area contributed by atoms with Gasteiger partial charge in [0.1, 0.15) is 18.4 Å². The summed E-state index contributed by atoms with van der Waals surface area (Å²) in [5, 5.41) is 9.18. The highest BCUT2D eigenvalue weighted by Crippen LogP contribution is 2.21. The number of hydrogen-bond donors (Lipinski definition) is 0. The second-order valence-electron chi connectivity index (χ2n) is 6.47. The van der Waals surface area contributed by atoms with Crippen LogP contribution < -0.4 is 4.74 Å². The molecule has 0 N–H and O–H groups in total. The maximum Gasteiger partial charge on any atom is 0.244 e. The lowest BCUT2D eigenvalue weighted by Gasteiger charge is -2.34. The Balaban J connectivity index is 1.54. The molecule has 0 radical (unpaired) electrons. The number of hydrogen-bond acceptors (Lipinski definition) is 5. The number of sulfonamides is 1. The first-order valence-corrected chi connectivity index (χ1v) is 10.4. The Kier molecular flexibility index (Phi) is 6.11. The summed E-state index contributed by atoms with van der Waals surface area (Å²) < 4.78 is 33.0. The van der Waals surface area contributed by atoms with E-state index in [1.165, 1.54) is 16.4 Å². The summed E-state index contributed by atoms with van der Waals surface area (Å²) in [6.07, 6.45) is 0. The molecule has 1 saturated heterocycles. The number of para-hydroxylation sites is 1. The van der Waals surface area contributed by atoms with Crippen LogP contribution in [0, 0.1) is 18.3 Å². The molecule has 0 saturated carbocycles. The van der Waals surface area contributed by atoms with Gasteiger partial charge in [-0.15, -0.1) is 0 Å². The first kappa shape index (κ1) is 19.4. The predicted molar refractivity (Wildman–Crippen MR) is 103 cm³/mol. The smallest absolute Gasteiger partial charge is 0.244 e. The molecule has 0 atom stereocenters. The van der Waals surface area contributed by atoms with Crippen LogP contribution in [-0.2, 0) is 10.0 Å². The first-order valence-electron chi connectivity index (χ1n) is 8.92. The van der Waals surface area contributed by atoms with Crippen LogP contribution >= 0.6 is 0 Å². The Morgan fingerprint density at radius 2 is 1.70 bits per heavy atom. The largest absolute Gasteiger partial charge is 0.492 e. The second-order valence-corrected chi connectivity index (χ2v) is 8.37. The quantitative estimate of drug-likeness (QED) is 0.763. The fraction of sp³-hybridized carbons (Fsp3) is 0.350. The molecule has 1 aliphatic rings. The molecule has 3 rings (SSSR count). The van der Waals surface area contributed by atoms with Crippen molar-refractivity contribution in [1.82, 2.24) is 9.21 Å². The molecule has 0 bridgehead atoms. The van der Waals surface area contributed by atoms with Crippen LogP contribution in [-0.4, -0.2) is 57.0 Å². The minimum absolute atomic E-state index is 0.0869. The molecule has 1 fully saturated rings. The van der Waals surface area contributed by atoms with E-state index < -0.39 is 10.0 Å². The lowest BCUT2D eigenvalue weighted by Crippen LogP contribution is -2.49. The number of nitrogens with zero attached hydrogens (tertiary/aromatic N) is 3. The molecule has 2 aromatic rings. The Hall–Kier alpha value is -2.40. The molecule has 0 aromatic heterocycles. The molecule has 6 nitrogen and oxygen atoms in total. The fourth-order valence-corrected chi connectivity index (χ4v) is 4.68. The number of piperazine rings is 1. The van der Waals surface area contributed by atoms with Crippen LogP contribution in [0.4, 0.5) is 0 Å². The lowest BCUT2D eigenvalue weighted by atomic mass is 10.2. The van der Waals surface area contributed by atoms with Crippen molar-refractivity contribution in [1.29, 1.82) is 5.26 Å². The van der Waals surface area contributed by atoms with Gasteiger partial charge in [0.05, 0.1) is 10.5 Å². The summed E-state index contributed by atoms with van der Waals surface area (Å²) in [6, 6.07) is 16.2. The molecular weight excluding hydrogens is 362 g/mol. The van der Waals surface area contributed by atoms with Gasteiger partial charge >= 0.3 is 0 Å². The normalized spacial score (nSPS) is 16.0. The summed E-state index contributed by atoms with van der Waals surface area (Å²) in [5.41, 5.74) is 1.29. The van der Waals surface area contributed by atoms with Crippen molar-refractivity contribution in [2.75, 3.05) is 39.3 Å². The maximum absolute atomic E-state index is 12.8. The molecular formula is C20H23N3O3S. The average molecular weight is 385 g/mol. The van der Waals surface area contributed by atoms with Crippen LogP contribution in [0.3, 0.4) is 0 Å². The van der Waals surface area contributed by atoms with E-state index in [0.29, 0.717) is 32.8 Å². The predicted octanol–water partition coefficient (Wildman–Crippen LogP) is 2.25. The van der Waals surface area contributed by atoms with Gasteiger partial charge in [-0.05, 0) is 30.7 Å². The molecule has 27 heavy (non-hydrogen) atoms. The summed E-state index contributed by atoms with van der Waals surface area (Å²) in [7, 11) is -3.64. The Morgan fingerprint density at radius 1 is 1.04 bits per heavy atom. The minimum atomic E-state index is -3.64. The molecule has 142 valence electrons. The van der Waals surface area contributed by atoms with E-state index in [9.17, 15) is 13.7 Å². The van der Waals surface area contributed by atoms with Crippen molar-refractivity contribution in [3.63, 3.8) is 0 Å². The number of ether oxygens (including phenoxy) is 1. The van der Waals surface area contributed by atoms with Crippen molar-refractivity contribution < 1.29 is 13.2 Å². The third-order valence-electron chi connectivity index (χ3n) is 4.72. The van der Waals surface area contributed by atoms with E-state index in [1.54, 1.807) is 12.1 Å². The van der Waals surface area contributed by atoms with E-state index in [1.807, 2.05) is 37.3 Å². The fourth-order valence-electron chi connectivity index (χ4n) is 3.12. The van der Waals surface area contributed by atoms with Gasteiger partial charge in [-0.3, -0.25) is 4.90 Å². The van der Waals surface area contributed by atoms with Crippen LogP contribution in [0.15, 0.2) is 53.4 Å². The zero-order chi connectivity index (χ0) is 19.3. The highest BCUT2D eigenvalue weighted by molar-refractivity contribution is 7.89. The van der Waals surface area contributed by atoms with Gasteiger partial charge in [-0.1, -0.05) is 30.3 Å². The first-order chi connectivity index (χ1) is 13.0. The van der Waals surface area contributed by atoms with Gasteiger partial charge in [0.25, 0.3) is 0 Å². The van der Waals surface area contributed by atoms with Crippen LogP contribution in [0.1, 0.15) is 11.1 Å². The summed E-state index contributed by atoms with van der Waals surface area (Å²) in [6.45, 7) is 5.43. The number of rotatable bonds is 6. The Bertz CT molecular complexity index is 929. The van der Waals surface area contributed by atoms with Gasteiger partial charge in [-0.25, -0.2) is 8.42 Å². The van der Waals surface area contributed by atoms with Crippen LogP contribution in [0.5, 0.6) is 5.75 Å². The molecule has 2 aromatic carbocycles. The van der Waals surface area contributed by atoms with E-state index >= 15 is 0 Å². The third-order valence-corrected chi connectivity index (χ3v) is 6.67. The Morgan fingerprint density at radius 3 is 2.41 bits per heavy atom. The standard InChI is InChI=1S/C20H23N3O3S/c1-17-6-2-4-8-19(17)26-15-14-22-10-12-23(13-11-22)27(24,25)20-9-5-3-7-18(20)16-21/h2-9H,10-15H2,1H3. The molecule has 0 spiro atoms. The zero-order valence-corrected chi connectivity index (χ0v) is 16.2. The summed E-state index contributed by atoms with van der Waals surface area (Å²) in [4.78, 5) is 2.28. The highest BCUT2D eigenvalue weighted by atomic mass is 32.2. The summed E-state index contributed by atoms with van der Waals surface area (Å²) in [5.74, 6) is 0.881. The monoisotopic (exact) mass is 385 g/mol. The minimum Gasteiger partial charge on any atom is -0.492 e. The van der Waals surface area contributed by atoms with Crippen molar-refractivity contribution in [2.24, 2.45) is 0 Å². The van der Waals surface area contributed by atoms with E-state index in [2.05, 4.69) is 4.90 Å². The molecule has 1 heterocycles. The topological polar surface area (TPSA) is 73.6 Å². The van der Waals surface area contributed by atoms with Gasteiger partial charge in [0.2, 0.25) is 10.0 Å². The molecule has 7 heteroatoms. The van der Waals surface area contributed by atoms with Gasteiger partial charge in [0, 0.05) is 32.7 Å². The number of nitriles is 1.